The maximum Gasteiger partial charge on any atom is 0.261 e. The Labute approximate surface area is 187 Å². The van der Waals surface area contributed by atoms with Crippen LogP contribution >= 0.6 is 12.4 Å². The molecular formula is C20H22ClN3O5S2. The van der Waals surface area contributed by atoms with Crippen LogP contribution in [0.4, 0.5) is 11.4 Å². The van der Waals surface area contributed by atoms with Crippen molar-refractivity contribution in [3.8, 4) is 0 Å². The van der Waals surface area contributed by atoms with E-state index in [4.69, 9.17) is 4.42 Å². The van der Waals surface area contributed by atoms with Crippen LogP contribution in [0.2, 0.25) is 0 Å². The monoisotopic (exact) mass is 483 g/mol. The molecule has 2 aromatic carbocycles. The fraction of sp³-hybridized carbons (Fsp3) is 0.300. The van der Waals surface area contributed by atoms with Gasteiger partial charge in [-0.2, -0.15) is 0 Å². The molecule has 2 aliphatic rings. The summed E-state index contributed by atoms with van der Waals surface area (Å²) in [5.74, 6) is 0.169. The number of halogens is 1. The van der Waals surface area contributed by atoms with E-state index in [0.717, 1.165) is 5.39 Å². The molecule has 0 radical (unpaired) electrons. The van der Waals surface area contributed by atoms with Gasteiger partial charge in [-0.3, -0.25) is 4.72 Å². The van der Waals surface area contributed by atoms with Gasteiger partial charge in [-0.05, 0) is 30.3 Å². The van der Waals surface area contributed by atoms with Crippen molar-refractivity contribution in [2.24, 2.45) is 0 Å². The Morgan fingerprint density at radius 2 is 1.87 bits per heavy atom. The zero-order chi connectivity index (χ0) is 20.9. The molecule has 31 heavy (non-hydrogen) atoms. The largest absolute Gasteiger partial charge is 0.462 e. The second-order valence-electron chi connectivity index (χ2n) is 7.65. The van der Waals surface area contributed by atoms with E-state index in [-0.39, 0.29) is 40.9 Å². The van der Waals surface area contributed by atoms with Crippen LogP contribution in [0.5, 0.6) is 0 Å². The molecule has 2 N–H and O–H groups in total. The fourth-order valence-corrected chi connectivity index (χ4v) is 7.33. The number of piperazine rings is 1. The molecule has 0 bridgehead atoms. The lowest BCUT2D eigenvalue weighted by atomic mass is 10.1. The first-order chi connectivity index (χ1) is 14.3. The Kier molecular flexibility index (Phi) is 5.67. The third-order valence-corrected chi connectivity index (χ3v) is 8.74. The summed E-state index contributed by atoms with van der Waals surface area (Å²) < 4.78 is 58.3. The SMILES string of the molecule is Cl.O=S1(=O)CC2NCCN(c3cc(NS(=O)(=O)c4ccccc4)cc4ccoc34)C2C1. The predicted molar refractivity (Wildman–Crippen MR) is 122 cm³/mol. The van der Waals surface area contributed by atoms with Crippen LogP contribution in [0.1, 0.15) is 0 Å². The van der Waals surface area contributed by atoms with Crippen LogP contribution in [0, 0.1) is 0 Å². The molecule has 2 atom stereocenters. The van der Waals surface area contributed by atoms with Gasteiger partial charge in [0.25, 0.3) is 10.0 Å². The van der Waals surface area contributed by atoms with E-state index in [0.29, 0.717) is 30.0 Å². The van der Waals surface area contributed by atoms with Gasteiger partial charge in [0, 0.05) is 24.5 Å². The summed E-state index contributed by atoms with van der Waals surface area (Å²) in [6.45, 7) is 1.24. The molecule has 1 aromatic heterocycles. The van der Waals surface area contributed by atoms with Crippen molar-refractivity contribution in [2.45, 2.75) is 17.0 Å². The zero-order valence-electron chi connectivity index (χ0n) is 16.4. The van der Waals surface area contributed by atoms with Gasteiger partial charge in [-0.15, -0.1) is 12.4 Å². The topological polar surface area (TPSA) is 109 Å². The van der Waals surface area contributed by atoms with E-state index in [1.165, 1.54) is 12.1 Å². The minimum atomic E-state index is -3.76. The number of anilines is 2. The summed E-state index contributed by atoms with van der Waals surface area (Å²) in [4.78, 5) is 2.20. The van der Waals surface area contributed by atoms with Crippen LogP contribution in [0.15, 0.2) is 64.1 Å². The number of sulfone groups is 1. The highest BCUT2D eigenvalue weighted by Crippen LogP contribution is 2.36. The van der Waals surface area contributed by atoms with Crippen molar-refractivity contribution < 1.29 is 21.3 Å². The second kappa shape index (κ2) is 8.01. The summed E-state index contributed by atoms with van der Waals surface area (Å²) in [5, 5.41) is 4.03. The number of nitrogens with zero attached hydrogens (tertiary/aromatic N) is 1. The molecule has 8 nitrogen and oxygen atoms in total. The molecule has 0 aliphatic carbocycles. The van der Waals surface area contributed by atoms with Crippen molar-refractivity contribution in [2.75, 3.05) is 34.2 Å². The number of nitrogens with one attached hydrogen (secondary N) is 2. The van der Waals surface area contributed by atoms with Crippen molar-refractivity contribution in [3.05, 3.63) is 54.8 Å². The smallest absolute Gasteiger partial charge is 0.261 e. The predicted octanol–water partition coefficient (Wildman–Crippen LogP) is 2.23. The average Bonchev–Trinajstić information content (AvgIpc) is 3.29. The highest BCUT2D eigenvalue weighted by atomic mass is 35.5. The summed E-state index contributed by atoms with van der Waals surface area (Å²) >= 11 is 0. The van der Waals surface area contributed by atoms with Crippen LogP contribution < -0.4 is 14.9 Å². The van der Waals surface area contributed by atoms with Gasteiger partial charge in [0.05, 0.1) is 40.1 Å². The normalized spacial score (nSPS) is 22.6. The van der Waals surface area contributed by atoms with Crippen LogP contribution in [0.25, 0.3) is 11.0 Å². The van der Waals surface area contributed by atoms with Crippen molar-refractivity contribution in [1.29, 1.82) is 0 Å². The maximum atomic E-state index is 12.8. The third kappa shape index (κ3) is 4.12. The summed E-state index contributed by atoms with van der Waals surface area (Å²) in [6, 6.07) is 13.0. The van der Waals surface area contributed by atoms with E-state index < -0.39 is 19.9 Å². The Morgan fingerprint density at radius 3 is 2.65 bits per heavy atom. The summed E-state index contributed by atoms with van der Waals surface area (Å²) in [6.07, 6.45) is 1.55. The fourth-order valence-electron chi connectivity index (χ4n) is 4.32. The van der Waals surface area contributed by atoms with E-state index in [1.807, 2.05) is 4.90 Å². The number of sulfonamides is 1. The molecule has 0 saturated carbocycles. The van der Waals surface area contributed by atoms with Crippen LogP contribution in [0.3, 0.4) is 0 Å². The Hall–Kier alpha value is -2.27. The first-order valence-electron chi connectivity index (χ1n) is 9.62. The summed E-state index contributed by atoms with van der Waals surface area (Å²) in [7, 11) is -6.89. The molecule has 166 valence electrons. The first-order valence-corrected chi connectivity index (χ1v) is 12.9. The lowest BCUT2D eigenvalue weighted by Gasteiger charge is -2.39. The van der Waals surface area contributed by atoms with E-state index in [9.17, 15) is 16.8 Å². The number of hydrogen-bond acceptors (Lipinski definition) is 7. The zero-order valence-corrected chi connectivity index (χ0v) is 18.8. The third-order valence-electron chi connectivity index (χ3n) is 5.63. The van der Waals surface area contributed by atoms with Gasteiger partial charge < -0.3 is 14.6 Å². The second-order valence-corrected chi connectivity index (χ2v) is 11.5. The van der Waals surface area contributed by atoms with E-state index in [2.05, 4.69) is 10.0 Å². The number of hydrogen-bond donors (Lipinski definition) is 2. The van der Waals surface area contributed by atoms with Crippen LogP contribution in [-0.4, -0.2) is 53.5 Å². The quantitative estimate of drug-likeness (QED) is 0.585. The van der Waals surface area contributed by atoms with E-state index in [1.54, 1.807) is 42.7 Å². The standard InChI is InChI=1S/C20H21N3O5S2.ClH/c24-29(25)12-17-19(13-29)23(8-7-21-17)18-11-15(10-14-6-9-28-20(14)18)22-30(26,27)16-4-2-1-3-5-16;/h1-6,9-11,17,19,21-22H,7-8,12-13H2;1H. The lowest BCUT2D eigenvalue weighted by molar-refractivity contribution is 0.424. The van der Waals surface area contributed by atoms with Crippen LogP contribution in [-0.2, 0) is 19.9 Å². The lowest BCUT2D eigenvalue weighted by Crippen LogP contribution is -2.57. The number of rotatable bonds is 4. The van der Waals surface area contributed by atoms with Crippen molar-refractivity contribution in [1.82, 2.24) is 5.32 Å². The molecule has 11 heteroatoms. The maximum absolute atomic E-state index is 12.8. The minimum absolute atomic E-state index is 0. The average molecular weight is 484 g/mol. The molecule has 3 aromatic rings. The molecule has 2 fully saturated rings. The highest BCUT2D eigenvalue weighted by Gasteiger charge is 2.43. The molecule has 0 amide bonds. The van der Waals surface area contributed by atoms with Gasteiger partial charge in [-0.1, -0.05) is 18.2 Å². The Balaban J connectivity index is 0.00000231. The molecule has 2 aliphatic heterocycles. The van der Waals surface area contributed by atoms with Gasteiger partial charge in [-0.25, -0.2) is 16.8 Å². The minimum Gasteiger partial charge on any atom is -0.462 e. The van der Waals surface area contributed by atoms with Gasteiger partial charge in [0.15, 0.2) is 15.4 Å². The Bertz CT molecular complexity index is 1310. The van der Waals surface area contributed by atoms with Crippen molar-refractivity contribution >= 4 is 54.6 Å². The number of benzene rings is 2. The molecular weight excluding hydrogens is 462 g/mol. The molecule has 2 saturated heterocycles. The van der Waals surface area contributed by atoms with Crippen molar-refractivity contribution in [3.63, 3.8) is 0 Å². The Morgan fingerprint density at radius 1 is 1.10 bits per heavy atom. The number of fused-ring (bicyclic) bond motifs is 2. The van der Waals surface area contributed by atoms with Gasteiger partial charge >= 0.3 is 0 Å². The molecule has 2 unspecified atom stereocenters. The van der Waals surface area contributed by atoms with Gasteiger partial charge in [0.1, 0.15) is 0 Å². The van der Waals surface area contributed by atoms with Gasteiger partial charge in [0.2, 0.25) is 0 Å². The highest BCUT2D eigenvalue weighted by molar-refractivity contribution is 7.92. The molecule has 3 heterocycles. The summed E-state index contributed by atoms with van der Waals surface area (Å²) in [5.41, 5.74) is 1.71. The number of furan rings is 1. The van der Waals surface area contributed by atoms with E-state index >= 15 is 0 Å². The molecule has 5 rings (SSSR count). The molecule has 0 spiro atoms. The first kappa shape index (κ1) is 21.9.